The predicted octanol–water partition coefficient (Wildman–Crippen LogP) is 4.69. The number of aryl methyl sites for hydroxylation is 2. The van der Waals surface area contributed by atoms with Crippen LogP contribution in [0.15, 0.2) is 72.3 Å². The van der Waals surface area contributed by atoms with E-state index < -0.39 is 17.8 Å². The number of hydrogen-bond acceptors (Lipinski definition) is 4. The number of rotatable bonds is 5. The first-order valence-corrected chi connectivity index (χ1v) is 10.3. The second-order valence-corrected chi connectivity index (χ2v) is 7.70. The molecule has 3 aromatic rings. The maximum absolute atomic E-state index is 13.7. The van der Waals surface area contributed by atoms with Gasteiger partial charge in [0.15, 0.2) is 0 Å². The second-order valence-electron chi connectivity index (χ2n) is 7.70. The van der Waals surface area contributed by atoms with Crippen LogP contribution in [0, 0.1) is 19.7 Å². The van der Waals surface area contributed by atoms with E-state index in [9.17, 15) is 18.8 Å². The molecule has 0 radical (unpaired) electrons. The third-order valence-electron chi connectivity index (χ3n) is 5.25. The van der Waals surface area contributed by atoms with Gasteiger partial charge in [-0.05, 0) is 60.9 Å². The number of ether oxygens (including phenoxy) is 1. The molecule has 4 amide bonds. The minimum absolute atomic E-state index is 0.0704. The minimum Gasteiger partial charge on any atom is -0.489 e. The van der Waals surface area contributed by atoms with Crippen LogP contribution in [-0.4, -0.2) is 17.8 Å². The third kappa shape index (κ3) is 4.67. The van der Waals surface area contributed by atoms with Crippen LogP contribution < -0.4 is 15.0 Å². The Kier molecular flexibility index (Phi) is 6.04. The molecule has 0 saturated carbocycles. The van der Waals surface area contributed by atoms with Gasteiger partial charge in [-0.1, -0.05) is 42.5 Å². The van der Waals surface area contributed by atoms with Crippen molar-refractivity contribution < 1.29 is 23.5 Å². The number of carbonyl (C=O) groups is 3. The Hall–Kier alpha value is -4.26. The molecule has 0 aliphatic carbocycles. The van der Waals surface area contributed by atoms with Crippen LogP contribution in [0.2, 0.25) is 0 Å². The summed E-state index contributed by atoms with van der Waals surface area (Å²) in [6.07, 6.45) is 1.42. The lowest BCUT2D eigenvalue weighted by atomic mass is 10.0. The smallest absolute Gasteiger partial charge is 0.335 e. The molecular weight excluding hydrogens is 423 g/mol. The Balaban J connectivity index is 1.55. The first kappa shape index (κ1) is 22.0. The van der Waals surface area contributed by atoms with Gasteiger partial charge in [-0.15, -0.1) is 0 Å². The molecule has 0 bridgehead atoms. The number of halogens is 1. The lowest BCUT2D eigenvalue weighted by molar-refractivity contribution is -0.122. The summed E-state index contributed by atoms with van der Waals surface area (Å²) in [7, 11) is 0. The van der Waals surface area contributed by atoms with E-state index >= 15 is 0 Å². The van der Waals surface area contributed by atoms with Crippen LogP contribution in [0.25, 0.3) is 6.08 Å². The van der Waals surface area contributed by atoms with Crippen molar-refractivity contribution in [2.75, 3.05) is 4.90 Å². The number of barbiturate groups is 1. The number of carbonyl (C=O) groups excluding carboxylic acids is 3. The summed E-state index contributed by atoms with van der Waals surface area (Å²) in [5.74, 6) is -1.29. The Morgan fingerprint density at radius 1 is 0.970 bits per heavy atom. The van der Waals surface area contributed by atoms with E-state index in [4.69, 9.17) is 4.74 Å². The Bertz CT molecular complexity index is 1280. The van der Waals surface area contributed by atoms with E-state index in [0.29, 0.717) is 22.6 Å². The summed E-state index contributed by atoms with van der Waals surface area (Å²) in [5, 5.41) is 2.23. The fraction of sp³-hybridized carbons (Fsp3) is 0.115. The highest BCUT2D eigenvalue weighted by molar-refractivity contribution is 6.39. The highest BCUT2D eigenvalue weighted by Crippen LogP contribution is 2.26. The van der Waals surface area contributed by atoms with E-state index in [1.54, 1.807) is 55.5 Å². The molecule has 1 fully saturated rings. The summed E-state index contributed by atoms with van der Waals surface area (Å²) in [5.41, 5.74) is 2.88. The highest BCUT2D eigenvalue weighted by atomic mass is 19.1. The van der Waals surface area contributed by atoms with Gasteiger partial charge in [-0.2, -0.15) is 0 Å². The zero-order valence-corrected chi connectivity index (χ0v) is 18.1. The quantitative estimate of drug-likeness (QED) is 0.458. The molecule has 0 atom stereocenters. The number of benzene rings is 3. The molecule has 0 unspecified atom stereocenters. The summed E-state index contributed by atoms with van der Waals surface area (Å²) < 4.78 is 19.3. The summed E-state index contributed by atoms with van der Waals surface area (Å²) >= 11 is 0. The van der Waals surface area contributed by atoms with E-state index in [1.807, 2.05) is 19.1 Å². The number of nitrogens with zero attached hydrogens (tertiary/aromatic N) is 1. The Labute approximate surface area is 190 Å². The topological polar surface area (TPSA) is 75.7 Å². The lowest BCUT2D eigenvalue weighted by Gasteiger charge is -2.27. The maximum Gasteiger partial charge on any atom is 0.335 e. The third-order valence-corrected chi connectivity index (χ3v) is 5.25. The van der Waals surface area contributed by atoms with E-state index in [-0.39, 0.29) is 18.0 Å². The molecule has 166 valence electrons. The fourth-order valence-corrected chi connectivity index (χ4v) is 3.44. The summed E-state index contributed by atoms with van der Waals surface area (Å²) in [6, 6.07) is 17.6. The van der Waals surface area contributed by atoms with Crippen LogP contribution in [0.5, 0.6) is 5.75 Å². The molecule has 33 heavy (non-hydrogen) atoms. The van der Waals surface area contributed by atoms with Crippen molar-refractivity contribution in [2.24, 2.45) is 0 Å². The Morgan fingerprint density at radius 2 is 1.70 bits per heavy atom. The van der Waals surface area contributed by atoms with Crippen LogP contribution >= 0.6 is 0 Å². The molecule has 6 nitrogen and oxygen atoms in total. The van der Waals surface area contributed by atoms with Gasteiger partial charge in [0.25, 0.3) is 11.8 Å². The van der Waals surface area contributed by atoms with Crippen molar-refractivity contribution in [3.8, 4) is 5.75 Å². The van der Waals surface area contributed by atoms with E-state index in [0.717, 1.165) is 16.0 Å². The van der Waals surface area contributed by atoms with Gasteiger partial charge in [0, 0.05) is 5.56 Å². The van der Waals surface area contributed by atoms with Crippen molar-refractivity contribution in [1.29, 1.82) is 0 Å². The molecule has 4 rings (SSSR count). The Morgan fingerprint density at radius 3 is 2.42 bits per heavy atom. The van der Waals surface area contributed by atoms with Gasteiger partial charge >= 0.3 is 6.03 Å². The zero-order valence-electron chi connectivity index (χ0n) is 18.1. The average molecular weight is 444 g/mol. The SMILES string of the molecule is Cc1ccc(C)c(N2C(=O)NC(=O)/C(=C\c3ccc(OCc4ccccc4F)cc3)C2=O)c1. The number of nitrogens with one attached hydrogen (secondary N) is 1. The molecule has 1 heterocycles. The number of hydrogen-bond donors (Lipinski definition) is 1. The highest BCUT2D eigenvalue weighted by Gasteiger charge is 2.37. The molecule has 1 N–H and O–H groups in total. The largest absolute Gasteiger partial charge is 0.489 e. The van der Waals surface area contributed by atoms with Crippen molar-refractivity contribution in [3.63, 3.8) is 0 Å². The predicted molar refractivity (Wildman–Crippen MR) is 122 cm³/mol. The average Bonchev–Trinajstić information content (AvgIpc) is 2.79. The molecule has 0 aromatic heterocycles. The second kappa shape index (κ2) is 9.08. The van der Waals surface area contributed by atoms with Gasteiger partial charge in [0.1, 0.15) is 23.7 Å². The van der Waals surface area contributed by atoms with E-state index in [2.05, 4.69) is 5.32 Å². The zero-order chi connectivity index (χ0) is 23.5. The van der Waals surface area contributed by atoms with Crippen molar-refractivity contribution >= 4 is 29.6 Å². The number of imide groups is 2. The molecular formula is C26H21FN2O4. The van der Waals surface area contributed by atoms with Crippen molar-refractivity contribution in [1.82, 2.24) is 5.32 Å². The van der Waals surface area contributed by atoms with Crippen molar-refractivity contribution in [3.05, 3.63) is 100 Å². The van der Waals surface area contributed by atoms with Gasteiger partial charge in [0.05, 0.1) is 5.69 Å². The normalized spacial score (nSPS) is 15.1. The molecule has 1 saturated heterocycles. The van der Waals surface area contributed by atoms with Gasteiger partial charge in [-0.3, -0.25) is 14.9 Å². The standard InChI is InChI=1S/C26H21FN2O4/c1-16-7-8-17(2)23(13-16)29-25(31)21(24(30)28-26(29)32)14-18-9-11-20(12-10-18)33-15-19-5-3-4-6-22(19)27/h3-14H,15H2,1-2H3,(H,28,30,32)/b21-14+. The molecule has 1 aliphatic rings. The van der Waals surface area contributed by atoms with Gasteiger partial charge in [0.2, 0.25) is 0 Å². The fourth-order valence-electron chi connectivity index (χ4n) is 3.44. The molecule has 7 heteroatoms. The van der Waals surface area contributed by atoms with Crippen molar-refractivity contribution in [2.45, 2.75) is 20.5 Å². The number of amides is 4. The van der Waals surface area contributed by atoms with Gasteiger partial charge < -0.3 is 4.74 Å². The first-order valence-electron chi connectivity index (χ1n) is 10.3. The maximum atomic E-state index is 13.7. The lowest BCUT2D eigenvalue weighted by Crippen LogP contribution is -2.54. The first-order chi connectivity index (χ1) is 15.8. The van der Waals surface area contributed by atoms with E-state index in [1.165, 1.54) is 12.1 Å². The van der Waals surface area contributed by atoms with Crippen LogP contribution in [0.4, 0.5) is 14.9 Å². The molecule has 3 aromatic carbocycles. The minimum atomic E-state index is -0.784. The molecule has 1 aliphatic heterocycles. The number of anilines is 1. The van der Waals surface area contributed by atoms with Crippen LogP contribution in [-0.2, 0) is 16.2 Å². The number of urea groups is 1. The van der Waals surface area contributed by atoms with Gasteiger partial charge in [-0.25, -0.2) is 14.1 Å². The van der Waals surface area contributed by atoms with Crippen LogP contribution in [0.3, 0.4) is 0 Å². The monoisotopic (exact) mass is 444 g/mol. The summed E-state index contributed by atoms with van der Waals surface area (Å²) in [4.78, 5) is 38.9. The summed E-state index contributed by atoms with van der Waals surface area (Å²) in [6.45, 7) is 3.71. The molecule has 0 spiro atoms. The van der Waals surface area contributed by atoms with Crippen LogP contribution in [0.1, 0.15) is 22.3 Å².